The summed E-state index contributed by atoms with van der Waals surface area (Å²) in [6, 6.07) is 16.1. The van der Waals surface area contributed by atoms with E-state index < -0.39 is 0 Å². The highest BCUT2D eigenvalue weighted by Crippen LogP contribution is 2.19. The predicted molar refractivity (Wildman–Crippen MR) is 98.6 cm³/mol. The minimum Gasteiger partial charge on any atom is -0.321 e. The van der Waals surface area contributed by atoms with E-state index in [1.165, 1.54) is 11.3 Å². The van der Waals surface area contributed by atoms with Gasteiger partial charge in [0.2, 0.25) is 0 Å². The van der Waals surface area contributed by atoms with Crippen molar-refractivity contribution < 1.29 is 9.59 Å². The van der Waals surface area contributed by atoms with Crippen molar-refractivity contribution in [3.63, 3.8) is 0 Å². The Balaban J connectivity index is 1.67. The zero-order chi connectivity index (χ0) is 16.9. The Hall–Kier alpha value is -2.51. The molecule has 0 aliphatic heterocycles. The van der Waals surface area contributed by atoms with Gasteiger partial charge in [0.05, 0.1) is 0 Å². The third-order valence-corrected chi connectivity index (χ3v) is 4.33. The second-order valence-electron chi connectivity index (χ2n) is 4.82. The number of halogens is 1. The van der Waals surface area contributed by atoms with Crippen molar-refractivity contribution >= 4 is 49.9 Å². The molecule has 0 unspecified atom stereocenters. The van der Waals surface area contributed by atoms with Gasteiger partial charge in [0.25, 0.3) is 11.8 Å². The van der Waals surface area contributed by atoms with E-state index in [4.69, 9.17) is 0 Å². The number of hydrogen-bond donors (Lipinski definition) is 2. The van der Waals surface area contributed by atoms with E-state index in [2.05, 4.69) is 31.5 Å². The number of nitrogens with zero attached hydrogens (tertiary/aromatic N) is 1. The summed E-state index contributed by atoms with van der Waals surface area (Å²) in [5.74, 6) is -0.589. The lowest BCUT2D eigenvalue weighted by atomic mass is 10.2. The van der Waals surface area contributed by atoms with Crippen molar-refractivity contribution in [2.45, 2.75) is 0 Å². The first kappa shape index (κ1) is 16.4. The van der Waals surface area contributed by atoms with Crippen LogP contribution in [0.25, 0.3) is 0 Å². The fraction of sp³-hybridized carbons (Fsp3) is 0. The lowest BCUT2D eigenvalue weighted by Crippen LogP contribution is -2.14. The van der Waals surface area contributed by atoms with Gasteiger partial charge in [-0.05, 0) is 30.3 Å². The van der Waals surface area contributed by atoms with Gasteiger partial charge in [-0.25, -0.2) is 4.98 Å². The van der Waals surface area contributed by atoms with E-state index in [0.29, 0.717) is 16.4 Å². The van der Waals surface area contributed by atoms with Gasteiger partial charge in [-0.2, -0.15) is 0 Å². The summed E-state index contributed by atoms with van der Waals surface area (Å²) in [4.78, 5) is 28.4. The summed E-state index contributed by atoms with van der Waals surface area (Å²) >= 11 is 4.55. The van der Waals surface area contributed by atoms with Crippen LogP contribution in [0.1, 0.15) is 20.8 Å². The molecule has 3 aromatic rings. The van der Waals surface area contributed by atoms with Crippen LogP contribution in [-0.2, 0) is 0 Å². The largest absolute Gasteiger partial charge is 0.321 e. The van der Waals surface area contributed by atoms with Crippen molar-refractivity contribution in [1.82, 2.24) is 4.98 Å². The van der Waals surface area contributed by atoms with Crippen LogP contribution in [-0.4, -0.2) is 16.8 Å². The molecule has 24 heavy (non-hydrogen) atoms. The van der Waals surface area contributed by atoms with Crippen LogP contribution in [0, 0.1) is 0 Å². The minimum absolute atomic E-state index is 0.253. The number of rotatable bonds is 4. The van der Waals surface area contributed by atoms with Crippen LogP contribution in [0.2, 0.25) is 0 Å². The predicted octanol–water partition coefficient (Wildman–Crippen LogP) is 4.41. The van der Waals surface area contributed by atoms with Gasteiger partial charge in [-0.1, -0.05) is 40.2 Å². The van der Waals surface area contributed by atoms with Crippen molar-refractivity contribution in [3.8, 4) is 0 Å². The Morgan fingerprint density at radius 1 is 0.958 bits per heavy atom. The van der Waals surface area contributed by atoms with Crippen LogP contribution in [0.4, 0.5) is 10.8 Å². The lowest BCUT2D eigenvalue weighted by molar-refractivity contribution is 0.101. The summed E-state index contributed by atoms with van der Waals surface area (Å²) in [5, 5.41) is 7.43. The SMILES string of the molecule is O=C(Nc1nc(C(=O)Nc2cccc(Br)c2)cs1)c1ccccc1. The number of anilines is 2. The standard InChI is InChI=1S/C17H12BrN3O2S/c18-12-7-4-8-13(9-12)19-16(23)14-10-24-17(20-14)21-15(22)11-5-2-1-3-6-11/h1-10H,(H,19,23)(H,20,21,22). The molecule has 2 amide bonds. The van der Waals surface area contributed by atoms with Gasteiger partial charge in [-0.15, -0.1) is 11.3 Å². The monoisotopic (exact) mass is 401 g/mol. The van der Waals surface area contributed by atoms with E-state index >= 15 is 0 Å². The summed E-state index contributed by atoms with van der Waals surface area (Å²) in [5.41, 5.74) is 1.45. The third-order valence-electron chi connectivity index (χ3n) is 3.08. The molecule has 0 bridgehead atoms. The van der Waals surface area contributed by atoms with E-state index in [1.807, 2.05) is 18.2 Å². The van der Waals surface area contributed by atoms with Crippen LogP contribution >= 0.6 is 27.3 Å². The van der Waals surface area contributed by atoms with Crippen LogP contribution in [0.5, 0.6) is 0 Å². The molecule has 120 valence electrons. The van der Waals surface area contributed by atoms with E-state index in [9.17, 15) is 9.59 Å². The van der Waals surface area contributed by atoms with Crippen molar-refractivity contribution in [2.24, 2.45) is 0 Å². The van der Waals surface area contributed by atoms with Gasteiger partial charge < -0.3 is 5.32 Å². The van der Waals surface area contributed by atoms with Crippen molar-refractivity contribution in [2.75, 3.05) is 10.6 Å². The number of benzene rings is 2. The highest BCUT2D eigenvalue weighted by molar-refractivity contribution is 9.10. The Morgan fingerprint density at radius 2 is 1.75 bits per heavy atom. The fourth-order valence-electron chi connectivity index (χ4n) is 1.96. The molecule has 2 aromatic carbocycles. The number of carbonyl (C=O) groups excluding carboxylic acids is 2. The van der Waals surface area contributed by atoms with Gasteiger partial charge in [-0.3, -0.25) is 14.9 Å². The van der Waals surface area contributed by atoms with Gasteiger partial charge in [0, 0.05) is 21.1 Å². The van der Waals surface area contributed by atoms with Gasteiger partial charge >= 0.3 is 0 Å². The van der Waals surface area contributed by atoms with Crippen molar-refractivity contribution in [3.05, 3.63) is 75.7 Å². The molecule has 5 nitrogen and oxygen atoms in total. The molecule has 0 fully saturated rings. The number of hydrogen-bond acceptors (Lipinski definition) is 4. The number of nitrogens with one attached hydrogen (secondary N) is 2. The summed E-state index contributed by atoms with van der Waals surface area (Å²) in [6.45, 7) is 0. The zero-order valence-electron chi connectivity index (χ0n) is 12.3. The number of amides is 2. The number of carbonyl (C=O) groups is 2. The summed E-state index contributed by atoms with van der Waals surface area (Å²) < 4.78 is 0.870. The quantitative estimate of drug-likeness (QED) is 0.679. The molecular formula is C17H12BrN3O2S. The van der Waals surface area contributed by atoms with Crippen LogP contribution in [0.3, 0.4) is 0 Å². The van der Waals surface area contributed by atoms with Gasteiger partial charge in [0.15, 0.2) is 5.13 Å². The molecule has 0 spiro atoms. The first-order valence-corrected chi connectivity index (χ1v) is 8.68. The molecule has 3 rings (SSSR count). The Morgan fingerprint density at radius 3 is 2.50 bits per heavy atom. The number of thiazole rings is 1. The second kappa shape index (κ2) is 7.37. The first-order chi connectivity index (χ1) is 11.6. The van der Waals surface area contributed by atoms with Crippen molar-refractivity contribution in [1.29, 1.82) is 0 Å². The highest BCUT2D eigenvalue weighted by atomic mass is 79.9. The Kier molecular flexibility index (Phi) is 5.02. The second-order valence-corrected chi connectivity index (χ2v) is 6.60. The maximum absolute atomic E-state index is 12.2. The fourth-order valence-corrected chi connectivity index (χ4v) is 3.04. The molecule has 0 radical (unpaired) electrons. The smallest absolute Gasteiger partial charge is 0.275 e. The molecule has 7 heteroatoms. The first-order valence-electron chi connectivity index (χ1n) is 7.00. The van der Waals surface area contributed by atoms with Gasteiger partial charge in [0.1, 0.15) is 5.69 Å². The molecule has 2 N–H and O–H groups in total. The lowest BCUT2D eigenvalue weighted by Gasteiger charge is -2.03. The summed E-state index contributed by atoms with van der Waals surface area (Å²) in [7, 11) is 0. The topological polar surface area (TPSA) is 71.1 Å². The molecule has 0 aliphatic rings. The van der Waals surface area contributed by atoms with Crippen LogP contribution in [0.15, 0.2) is 64.5 Å². The molecule has 0 aliphatic carbocycles. The molecule has 0 saturated heterocycles. The summed E-state index contributed by atoms with van der Waals surface area (Å²) in [6.07, 6.45) is 0. The molecule has 0 atom stereocenters. The number of aromatic nitrogens is 1. The average Bonchev–Trinajstić information content (AvgIpc) is 3.04. The molecular weight excluding hydrogens is 390 g/mol. The minimum atomic E-state index is -0.329. The third kappa shape index (κ3) is 4.06. The Bertz CT molecular complexity index is 880. The van der Waals surface area contributed by atoms with Crippen LogP contribution < -0.4 is 10.6 Å². The molecule has 1 aromatic heterocycles. The molecule has 1 heterocycles. The maximum Gasteiger partial charge on any atom is 0.275 e. The van der Waals surface area contributed by atoms with E-state index in [-0.39, 0.29) is 17.5 Å². The zero-order valence-corrected chi connectivity index (χ0v) is 14.7. The average molecular weight is 402 g/mol. The highest BCUT2D eigenvalue weighted by Gasteiger charge is 2.13. The van der Waals surface area contributed by atoms with E-state index in [1.54, 1.807) is 41.8 Å². The van der Waals surface area contributed by atoms with E-state index in [0.717, 1.165) is 4.47 Å². The Labute approximate surface area is 150 Å². The normalized spacial score (nSPS) is 10.2. The molecule has 0 saturated carbocycles. The maximum atomic E-state index is 12.2.